The predicted molar refractivity (Wildman–Crippen MR) is 113 cm³/mol. The van der Waals surface area contributed by atoms with Crippen LogP contribution in [-0.4, -0.2) is 37.4 Å². The van der Waals surface area contributed by atoms with Crippen molar-refractivity contribution in [2.24, 2.45) is 0 Å². The zero-order chi connectivity index (χ0) is 18.4. The first-order chi connectivity index (χ1) is 12.0. The van der Waals surface area contributed by atoms with Crippen molar-refractivity contribution >= 4 is 38.8 Å². The second-order valence-corrected chi connectivity index (χ2v) is 7.28. The maximum atomic E-state index is 13.0. The van der Waals surface area contributed by atoms with E-state index < -0.39 is 6.10 Å². The molecule has 136 valence electrons. The Morgan fingerprint density at radius 2 is 1.62 bits per heavy atom. The summed E-state index contributed by atoms with van der Waals surface area (Å²) in [4.78, 5) is 13.0. The fourth-order valence-corrected chi connectivity index (χ4v) is 3.59. The van der Waals surface area contributed by atoms with E-state index in [-0.39, 0.29) is 24.6 Å². The van der Waals surface area contributed by atoms with E-state index in [9.17, 15) is 4.79 Å². The fourth-order valence-electron chi connectivity index (χ4n) is 2.97. The van der Waals surface area contributed by atoms with Gasteiger partial charge in [-0.25, -0.2) is 0 Å². The molecule has 0 spiro atoms. The molecule has 0 radical (unpaired) electrons. The fraction of sp³-hybridized carbons (Fsp3) is 0.381. The van der Waals surface area contributed by atoms with Gasteiger partial charge in [0, 0.05) is 21.0 Å². The summed E-state index contributed by atoms with van der Waals surface area (Å²) in [6.45, 7) is 10.7. The summed E-state index contributed by atoms with van der Waals surface area (Å²) < 4.78 is 11.4. The number of carbonyl (C=O) groups is 1. The van der Waals surface area contributed by atoms with Gasteiger partial charge in [0.25, 0.3) is 0 Å². The van der Waals surface area contributed by atoms with Crippen molar-refractivity contribution in [2.45, 2.75) is 47.1 Å². The standard InChI is InChI=1S/C21H27O3P.Li.H/c1-6-19(21(22)20-15(4)12-14(3)13-16(20)5)24-17-8-10-18(11-9-17)25-23-7-2;;/h8-13,19,25H,6-7H2,1-5H3;;. The monoisotopic (exact) mass is 366 g/mol. The number of rotatable bonds is 8. The van der Waals surface area contributed by atoms with Gasteiger partial charge in [-0.05, 0) is 74.8 Å². The van der Waals surface area contributed by atoms with Gasteiger partial charge in [0.1, 0.15) is 5.75 Å². The zero-order valence-corrected chi connectivity index (χ0v) is 16.7. The Morgan fingerprint density at radius 1 is 1.04 bits per heavy atom. The van der Waals surface area contributed by atoms with Gasteiger partial charge in [-0.1, -0.05) is 24.6 Å². The van der Waals surface area contributed by atoms with Crippen LogP contribution < -0.4 is 10.0 Å². The van der Waals surface area contributed by atoms with Crippen molar-refractivity contribution in [1.29, 1.82) is 0 Å². The average molecular weight is 366 g/mol. The minimum atomic E-state index is -0.472. The molecule has 0 aliphatic rings. The number of ketones is 1. The molecule has 0 heterocycles. The Morgan fingerprint density at radius 3 is 2.12 bits per heavy atom. The second-order valence-electron chi connectivity index (χ2n) is 6.21. The first-order valence-electron chi connectivity index (χ1n) is 8.72. The Kier molecular flexibility index (Phi) is 9.62. The molecule has 2 aromatic rings. The van der Waals surface area contributed by atoms with Crippen LogP contribution in [0.25, 0.3) is 0 Å². The van der Waals surface area contributed by atoms with Crippen LogP contribution in [0.2, 0.25) is 0 Å². The summed E-state index contributed by atoms with van der Waals surface area (Å²) in [6.07, 6.45) is 0.161. The van der Waals surface area contributed by atoms with E-state index >= 15 is 0 Å². The minimum absolute atomic E-state index is 0. The van der Waals surface area contributed by atoms with Gasteiger partial charge in [-0.2, -0.15) is 0 Å². The van der Waals surface area contributed by atoms with Crippen molar-refractivity contribution in [2.75, 3.05) is 6.61 Å². The van der Waals surface area contributed by atoms with Crippen molar-refractivity contribution < 1.29 is 14.1 Å². The molecule has 2 atom stereocenters. The topological polar surface area (TPSA) is 35.5 Å². The molecule has 2 rings (SSSR count). The van der Waals surface area contributed by atoms with E-state index in [1.807, 2.05) is 58.9 Å². The molecule has 0 N–H and O–H groups in total. The second kappa shape index (κ2) is 10.9. The quantitative estimate of drug-likeness (QED) is 0.398. The summed E-state index contributed by atoms with van der Waals surface area (Å²) >= 11 is 0. The Labute approximate surface area is 170 Å². The van der Waals surface area contributed by atoms with E-state index in [0.717, 1.165) is 22.0 Å². The van der Waals surface area contributed by atoms with Gasteiger partial charge >= 0.3 is 18.9 Å². The zero-order valence-electron chi connectivity index (χ0n) is 15.7. The molecule has 2 aromatic carbocycles. The van der Waals surface area contributed by atoms with Gasteiger partial charge in [-0.3, -0.25) is 4.79 Å². The summed E-state index contributed by atoms with van der Waals surface area (Å²) in [7, 11) is 0.343. The molecule has 2 unspecified atom stereocenters. The van der Waals surface area contributed by atoms with Crippen LogP contribution in [0.3, 0.4) is 0 Å². The first kappa shape index (κ1) is 22.9. The van der Waals surface area contributed by atoms with Crippen LogP contribution in [0.4, 0.5) is 0 Å². The summed E-state index contributed by atoms with van der Waals surface area (Å²) in [6, 6.07) is 11.9. The predicted octanol–water partition coefficient (Wildman–Crippen LogP) is 4.26. The molecular weight excluding hydrogens is 338 g/mol. The van der Waals surface area contributed by atoms with E-state index in [1.54, 1.807) is 0 Å². The number of benzene rings is 2. The van der Waals surface area contributed by atoms with Crippen LogP contribution in [-0.2, 0) is 4.52 Å². The van der Waals surface area contributed by atoms with Gasteiger partial charge in [0.2, 0.25) is 5.78 Å². The molecule has 0 fully saturated rings. The van der Waals surface area contributed by atoms with Crippen molar-refractivity contribution in [3.8, 4) is 5.75 Å². The van der Waals surface area contributed by atoms with Gasteiger partial charge in [0.15, 0.2) is 6.10 Å². The number of hydrogen-bond donors (Lipinski definition) is 0. The number of aryl methyl sites for hydroxylation is 3. The summed E-state index contributed by atoms with van der Waals surface area (Å²) in [5.41, 5.74) is 3.98. The van der Waals surface area contributed by atoms with Crippen LogP contribution >= 0.6 is 8.81 Å². The van der Waals surface area contributed by atoms with Gasteiger partial charge < -0.3 is 9.26 Å². The maximum absolute atomic E-state index is 13.0. The normalized spacial score (nSPS) is 12.0. The molecule has 0 aliphatic heterocycles. The molecule has 5 heteroatoms. The molecular formula is C21H28LiO3P. The molecule has 0 bridgehead atoms. The molecule has 0 amide bonds. The Bertz CT molecular complexity index is 706. The first-order valence-corrected chi connectivity index (χ1v) is 9.63. The van der Waals surface area contributed by atoms with E-state index in [1.165, 1.54) is 5.56 Å². The average Bonchev–Trinajstić information content (AvgIpc) is 2.57. The van der Waals surface area contributed by atoms with E-state index in [4.69, 9.17) is 9.26 Å². The molecule has 0 saturated carbocycles. The van der Waals surface area contributed by atoms with Crippen LogP contribution in [0.15, 0.2) is 36.4 Å². The third kappa shape index (κ3) is 5.97. The molecule has 3 nitrogen and oxygen atoms in total. The van der Waals surface area contributed by atoms with E-state index in [0.29, 0.717) is 27.6 Å². The third-order valence-electron chi connectivity index (χ3n) is 4.05. The molecule has 0 aromatic heterocycles. The van der Waals surface area contributed by atoms with Crippen molar-refractivity contribution in [1.82, 2.24) is 0 Å². The van der Waals surface area contributed by atoms with Crippen LogP contribution in [0, 0.1) is 20.8 Å². The molecule has 0 saturated heterocycles. The Hall–Kier alpha value is -1.10. The number of carbonyl (C=O) groups excluding carboxylic acids is 1. The van der Waals surface area contributed by atoms with E-state index in [2.05, 4.69) is 12.1 Å². The van der Waals surface area contributed by atoms with Crippen LogP contribution in [0.5, 0.6) is 5.75 Å². The third-order valence-corrected chi connectivity index (χ3v) is 5.06. The summed E-state index contributed by atoms with van der Waals surface area (Å²) in [5.74, 6) is 0.769. The summed E-state index contributed by atoms with van der Waals surface area (Å²) in [5, 5.41) is 1.12. The SMILES string of the molecule is CCOPc1ccc(OC(CC)C(=O)c2c(C)cc(C)cc2C)cc1.[LiH]. The van der Waals surface area contributed by atoms with Gasteiger partial charge in [-0.15, -0.1) is 0 Å². The molecule has 26 heavy (non-hydrogen) atoms. The number of hydrogen-bond acceptors (Lipinski definition) is 3. The van der Waals surface area contributed by atoms with Gasteiger partial charge in [0.05, 0.1) is 0 Å². The number of ether oxygens (including phenoxy) is 1. The molecule has 0 aliphatic carbocycles. The Balaban J connectivity index is 0.00000338. The number of Topliss-reactive ketones (excluding diaryl/α,β-unsaturated/α-hetero) is 1. The van der Waals surface area contributed by atoms with Crippen molar-refractivity contribution in [3.63, 3.8) is 0 Å². The van der Waals surface area contributed by atoms with Crippen LogP contribution in [0.1, 0.15) is 47.3 Å². The van der Waals surface area contributed by atoms with Crippen molar-refractivity contribution in [3.05, 3.63) is 58.7 Å².